The number of halogens is 1. The summed E-state index contributed by atoms with van der Waals surface area (Å²) in [6.45, 7) is 9.97. The number of hydrogen-bond acceptors (Lipinski definition) is 7. The Bertz CT molecular complexity index is 733. The van der Waals surface area contributed by atoms with E-state index in [0.717, 1.165) is 64.7 Å². The first-order valence-electron chi connectivity index (χ1n) is 21.1. The van der Waals surface area contributed by atoms with Crippen LogP contribution in [0.1, 0.15) is 194 Å². The van der Waals surface area contributed by atoms with Gasteiger partial charge in [0.15, 0.2) is 0 Å². The van der Waals surface area contributed by atoms with Crippen molar-refractivity contribution in [3.8, 4) is 0 Å². The molecule has 0 aliphatic heterocycles. The van der Waals surface area contributed by atoms with Crippen LogP contribution in [0.15, 0.2) is 0 Å². The number of carbonyl (C=O) groups is 2. The fourth-order valence-electron chi connectivity index (χ4n) is 7.45. The van der Waals surface area contributed by atoms with Crippen LogP contribution in [0.2, 0.25) is 0 Å². The molecule has 1 N–H and O–H groups in total. The van der Waals surface area contributed by atoms with E-state index in [-0.39, 0.29) is 18.5 Å². The van der Waals surface area contributed by atoms with Gasteiger partial charge in [0.05, 0.1) is 13.2 Å². The Balaban J connectivity index is 2.41. The lowest BCUT2D eigenvalue weighted by atomic mass is 9.94. The number of aliphatic hydroxyl groups excluding tert-OH is 1. The summed E-state index contributed by atoms with van der Waals surface area (Å²) in [6, 6.07) is 0.633. The molecule has 0 spiro atoms. The van der Waals surface area contributed by atoms with Gasteiger partial charge in [-0.05, 0) is 70.4 Å². The van der Waals surface area contributed by atoms with Crippen LogP contribution in [-0.2, 0) is 18.6 Å². The first-order valence-corrected chi connectivity index (χ1v) is 21.4. The van der Waals surface area contributed by atoms with Gasteiger partial charge in [-0.25, -0.2) is 0 Å². The van der Waals surface area contributed by atoms with E-state index < -0.39 is 0 Å². The minimum absolute atomic E-state index is 0.0262. The van der Waals surface area contributed by atoms with Crippen molar-refractivity contribution in [1.29, 1.82) is 0 Å². The van der Waals surface area contributed by atoms with Gasteiger partial charge in [-0.2, -0.15) is 0 Å². The summed E-state index contributed by atoms with van der Waals surface area (Å²) in [6.07, 6.45) is 32.7. The molecule has 49 heavy (non-hydrogen) atoms. The Morgan fingerprint density at radius 3 is 1.73 bits per heavy atom. The van der Waals surface area contributed by atoms with Crippen LogP contribution in [0.25, 0.3) is 0 Å². The van der Waals surface area contributed by atoms with Gasteiger partial charge >= 0.3 is 11.9 Å². The highest BCUT2D eigenvalue weighted by Gasteiger charge is 2.21. The van der Waals surface area contributed by atoms with Gasteiger partial charge in [0.25, 0.3) is 0 Å². The lowest BCUT2D eigenvalue weighted by Crippen LogP contribution is -2.42. The molecule has 0 heterocycles. The minimum atomic E-state index is -0.343. The molecule has 1 aliphatic carbocycles. The maximum atomic E-state index is 12.7. The summed E-state index contributed by atoms with van der Waals surface area (Å²) in [4.78, 5) is 29.1. The SMILES string of the molecule is CCCCCCCCC(CCCCCCCC)COC(=O)CCCCCN(CCO)CCN(CCCCCC(=O)OCl)C1CCCCCC1. The van der Waals surface area contributed by atoms with Gasteiger partial charge in [0.1, 0.15) is 11.9 Å². The number of unbranched alkanes of at least 4 members (excludes halogenated alkanes) is 14. The van der Waals surface area contributed by atoms with Crippen LogP contribution in [-0.4, -0.2) is 78.8 Å². The topological polar surface area (TPSA) is 79.3 Å². The highest BCUT2D eigenvalue weighted by Crippen LogP contribution is 2.23. The summed E-state index contributed by atoms with van der Waals surface area (Å²) < 4.78 is 10.1. The van der Waals surface area contributed by atoms with Crippen LogP contribution in [0.5, 0.6) is 0 Å². The standard InChI is InChI=1S/C41H79ClN2O5/c1-3-5-7-9-11-17-25-38(26-18-12-10-8-6-4-2)37-48-40(46)29-21-15-23-31-43(35-36-45)33-34-44(39-27-19-13-14-20-28-39)32-24-16-22-30-41(47)49-42/h38-39,45H,3-37H2,1-2H3. The van der Waals surface area contributed by atoms with Gasteiger partial charge in [-0.1, -0.05) is 129 Å². The minimum Gasteiger partial charge on any atom is -0.465 e. The van der Waals surface area contributed by atoms with E-state index in [4.69, 9.17) is 16.6 Å². The van der Waals surface area contributed by atoms with Crippen molar-refractivity contribution in [3.63, 3.8) is 0 Å². The van der Waals surface area contributed by atoms with Crippen molar-refractivity contribution in [2.75, 3.05) is 45.9 Å². The molecule has 0 aromatic carbocycles. The van der Waals surface area contributed by atoms with E-state index in [9.17, 15) is 14.7 Å². The Morgan fingerprint density at radius 1 is 0.633 bits per heavy atom. The lowest BCUT2D eigenvalue weighted by Gasteiger charge is -2.33. The normalized spacial score (nSPS) is 14.2. The molecule has 0 amide bonds. The Hall–Kier alpha value is -0.890. The molecule has 0 aromatic heterocycles. The summed E-state index contributed by atoms with van der Waals surface area (Å²) in [5.74, 6) is 0.146. The molecular weight excluding hydrogens is 636 g/mol. The van der Waals surface area contributed by atoms with E-state index in [1.807, 2.05) is 0 Å². The smallest absolute Gasteiger partial charge is 0.324 e. The first-order chi connectivity index (χ1) is 24.0. The van der Waals surface area contributed by atoms with Crippen LogP contribution in [0.3, 0.4) is 0 Å². The monoisotopic (exact) mass is 715 g/mol. The zero-order valence-corrected chi connectivity index (χ0v) is 33.0. The van der Waals surface area contributed by atoms with E-state index in [2.05, 4.69) is 27.9 Å². The summed E-state index contributed by atoms with van der Waals surface area (Å²) in [5, 5.41) is 9.77. The molecule has 0 atom stereocenters. The highest BCUT2D eigenvalue weighted by atomic mass is 35.5. The largest absolute Gasteiger partial charge is 0.465 e. The Kier molecular flexibility index (Phi) is 32.2. The maximum absolute atomic E-state index is 12.7. The van der Waals surface area contributed by atoms with E-state index in [1.54, 1.807) is 0 Å². The molecule has 1 fully saturated rings. The second-order valence-electron chi connectivity index (χ2n) is 15.0. The molecule has 1 rings (SSSR count). The third kappa shape index (κ3) is 27.4. The third-order valence-electron chi connectivity index (χ3n) is 10.6. The van der Waals surface area contributed by atoms with Gasteiger partial charge in [-0.3, -0.25) is 19.4 Å². The molecule has 290 valence electrons. The second kappa shape index (κ2) is 34.2. The molecule has 0 radical (unpaired) electrons. The fourth-order valence-corrected chi connectivity index (χ4v) is 7.53. The Labute approximate surface area is 308 Å². The summed E-state index contributed by atoms with van der Waals surface area (Å²) in [5.41, 5.74) is 0. The summed E-state index contributed by atoms with van der Waals surface area (Å²) >= 11 is 5.17. The van der Waals surface area contributed by atoms with Crippen molar-refractivity contribution in [2.45, 2.75) is 200 Å². The molecule has 1 aliphatic rings. The van der Waals surface area contributed by atoms with Crippen LogP contribution < -0.4 is 0 Å². The summed E-state index contributed by atoms with van der Waals surface area (Å²) in [7, 11) is 0. The van der Waals surface area contributed by atoms with Crippen molar-refractivity contribution < 1.29 is 23.7 Å². The number of ether oxygens (including phenoxy) is 1. The van der Waals surface area contributed by atoms with Gasteiger partial charge in [0.2, 0.25) is 0 Å². The maximum Gasteiger partial charge on any atom is 0.324 e. The zero-order valence-electron chi connectivity index (χ0n) is 32.3. The predicted molar refractivity (Wildman–Crippen MR) is 206 cm³/mol. The number of rotatable bonds is 34. The molecule has 0 bridgehead atoms. The van der Waals surface area contributed by atoms with E-state index in [1.165, 1.54) is 128 Å². The fraction of sp³-hybridized carbons (Fsp3) is 0.951. The van der Waals surface area contributed by atoms with Crippen molar-refractivity contribution >= 4 is 23.8 Å². The molecule has 7 nitrogen and oxygen atoms in total. The van der Waals surface area contributed by atoms with Crippen LogP contribution >= 0.6 is 11.9 Å². The van der Waals surface area contributed by atoms with Crippen molar-refractivity contribution in [1.82, 2.24) is 9.80 Å². The quantitative estimate of drug-likeness (QED) is 0.0404. The van der Waals surface area contributed by atoms with Crippen LogP contribution in [0, 0.1) is 5.92 Å². The number of aliphatic hydroxyl groups is 1. The Morgan fingerprint density at radius 2 is 1.16 bits per heavy atom. The number of esters is 1. The van der Waals surface area contributed by atoms with E-state index >= 15 is 0 Å². The zero-order chi connectivity index (χ0) is 35.6. The molecule has 1 saturated carbocycles. The van der Waals surface area contributed by atoms with Crippen LogP contribution in [0.4, 0.5) is 0 Å². The first kappa shape index (κ1) is 46.1. The van der Waals surface area contributed by atoms with Crippen molar-refractivity contribution in [2.24, 2.45) is 5.92 Å². The molecule has 8 heteroatoms. The van der Waals surface area contributed by atoms with E-state index in [0.29, 0.717) is 38.0 Å². The molecule has 0 saturated heterocycles. The van der Waals surface area contributed by atoms with Gasteiger partial charge < -0.3 is 14.1 Å². The molecular formula is C41H79ClN2O5. The number of nitrogens with zero attached hydrogens (tertiary/aromatic N) is 2. The molecule has 0 aromatic rings. The number of hydrogen-bond donors (Lipinski definition) is 1. The average molecular weight is 716 g/mol. The predicted octanol–water partition coefficient (Wildman–Crippen LogP) is 10.8. The highest BCUT2D eigenvalue weighted by molar-refractivity contribution is 6.13. The van der Waals surface area contributed by atoms with Crippen molar-refractivity contribution in [3.05, 3.63) is 0 Å². The second-order valence-corrected chi connectivity index (χ2v) is 15.1. The lowest BCUT2D eigenvalue weighted by molar-refractivity contribution is -0.145. The van der Waals surface area contributed by atoms with Gasteiger partial charge in [-0.15, -0.1) is 0 Å². The third-order valence-corrected chi connectivity index (χ3v) is 10.8. The number of carbonyl (C=O) groups excluding carboxylic acids is 2. The van der Waals surface area contributed by atoms with Gasteiger partial charge in [0, 0.05) is 38.5 Å². The molecule has 0 unspecified atom stereocenters. The average Bonchev–Trinajstić information content (AvgIpc) is 3.40.